The molecule has 0 aliphatic carbocycles. The van der Waals surface area contributed by atoms with E-state index in [0.29, 0.717) is 6.54 Å². The van der Waals surface area contributed by atoms with E-state index in [1.54, 1.807) is 19.4 Å². The van der Waals surface area contributed by atoms with Crippen molar-refractivity contribution in [3.05, 3.63) is 12.4 Å². The lowest BCUT2D eigenvalue weighted by Gasteiger charge is -2.21. The van der Waals surface area contributed by atoms with Crippen LogP contribution in [0.5, 0.6) is 0 Å². The normalized spacial score (nSPS) is 23.8. The van der Waals surface area contributed by atoms with Crippen molar-refractivity contribution in [2.75, 3.05) is 30.4 Å². The Labute approximate surface area is 100 Å². The lowest BCUT2D eigenvalue weighted by atomic mass is 9.89. The van der Waals surface area contributed by atoms with Crippen LogP contribution in [0.4, 0.5) is 11.6 Å². The molecule has 1 aliphatic heterocycles. The first-order valence-corrected chi connectivity index (χ1v) is 5.60. The molecule has 1 fully saturated rings. The van der Waals surface area contributed by atoms with Crippen molar-refractivity contribution in [2.24, 2.45) is 11.1 Å². The van der Waals surface area contributed by atoms with Gasteiger partial charge in [-0.15, -0.1) is 0 Å². The topological polar surface area (TPSA) is 84.1 Å². The molecule has 17 heavy (non-hydrogen) atoms. The molecule has 3 N–H and O–H groups in total. The molecule has 0 aromatic carbocycles. The quantitative estimate of drug-likeness (QED) is 0.783. The van der Waals surface area contributed by atoms with Gasteiger partial charge < -0.3 is 16.0 Å². The van der Waals surface area contributed by atoms with Gasteiger partial charge in [0.25, 0.3) is 0 Å². The Morgan fingerprint density at radius 1 is 1.59 bits per heavy atom. The molecule has 0 saturated carbocycles. The molecule has 0 spiro atoms. The first-order chi connectivity index (χ1) is 8.05. The number of amides is 1. The summed E-state index contributed by atoms with van der Waals surface area (Å²) in [6.07, 6.45) is 4.12. The fourth-order valence-electron chi connectivity index (χ4n) is 1.99. The number of hydrogen-bond donors (Lipinski definition) is 2. The number of hydrogen-bond acceptors (Lipinski definition) is 5. The number of carbonyl (C=O) groups is 1. The maximum atomic E-state index is 11.4. The van der Waals surface area contributed by atoms with E-state index in [0.717, 1.165) is 24.6 Å². The molecule has 2 rings (SSSR count). The molecule has 6 heteroatoms. The van der Waals surface area contributed by atoms with Crippen LogP contribution in [0, 0.1) is 5.41 Å². The summed E-state index contributed by atoms with van der Waals surface area (Å²) in [5.41, 5.74) is 4.95. The van der Waals surface area contributed by atoms with Crippen molar-refractivity contribution in [3.8, 4) is 0 Å². The van der Waals surface area contributed by atoms with Crippen molar-refractivity contribution >= 4 is 17.5 Å². The summed E-state index contributed by atoms with van der Waals surface area (Å²) in [6.45, 7) is 3.27. The Bertz CT molecular complexity index is 436. The van der Waals surface area contributed by atoms with Crippen molar-refractivity contribution < 1.29 is 4.79 Å². The van der Waals surface area contributed by atoms with Crippen LogP contribution in [-0.4, -0.2) is 36.0 Å². The first kappa shape index (κ1) is 11.6. The second-order valence-corrected chi connectivity index (χ2v) is 4.61. The smallest absolute Gasteiger partial charge is 0.225 e. The fourth-order valence-corrected chi connectivity index (χ4v) is 1.99. The highest BCUT2D eigenvalue weighted by Crippen LogP contribution is 2.31. The van der Waals surface area contributed by atoms with E-state index in [1.807, 2.05) is 11.8 Å². The highest BCUT2D eigenvalue weighted by atomic mass is 16.1. The van der Waals surface area contributed by atoms with E-state index in [9.17, 15) is 4.79 Å². The summed E-state index contributed by atoms with van der Waals surface area (Å²) in [5.74, 6) is 1.25. The van der Waals surface area contributed by atoms with Gasteiger partial charge in [0.1, 0.15) is 11.6 Å². The Morgan fingerprint density at radius 3 is 2.94 bits per heavy atom. The molecule has 1 aromatic rings. The van der Waals surface area contributed by atoms with E-state index in [-0.39, 0.29) is 5.91 Å². The number of nitrogens with zero attached hydrogens (tertiary/aromatic N) is 3. The standard InChI is InChI=1S/C11H17N5O/c1-11(10(12)17)3-4-16(7-11)9-6-14-5-8(13-2)15-9/h5-6H,3-4,7H2,1-2H3,(H2,12,17)(H,13,15). The number of aromatic nitrogens is 2. The van der Waals surface area contributed by atoms with E-state index in [4.69, 9.17) is 5.73 Å². The van der Waals surface area contributed by atoms with Crippen LogP contribution in [0.2, 0.25) is 0 Å². The van der Waals surface area contributed by atoms with Crippen LogP contribution in [0.25, 0.3) is 0 Å². The van der Waals surface area contributed by atoms with Gasteiger partial charge in [0.15, 0.2) is 0 Å². The molecule has 6 nitrogen and oxygen atoms in total. The van der Waals surface area contributed by atoms with Gasteiger partial charge in [0, 0.05) is 20.1 Å². The van der Waals surface area contributed by atoms with Gasteiger partial charge in [0.05, 0.1) is 17.8 Å². The number of primary amides is 1. The molecular formula is C11H17N5O. The third kappa shape index (κ3) is 2.15. The zero-order valence-electron chi connectivity index (χ0n) is 10.1. The molecule has 0 bridgehead atoms. The second-order valence-electron chi connectivity index (χ2n) is 4.61. The number of nitrogens with two attached hydrogens (primary N) is 1. The molecule has 92 valence electrons. The summed E-state index contributed by atoms with van der Waals surface area (Å²) in [6, 6.07) is 0. The number of anilines is 2. The fraction of sp³-hybridized carbons (Fsp3) is 0.545. The molecule has 1 amide bonds. The van der Waals surface area contributed by atoms with Crippen LogP contribution in [0.3, 0.4) is 0 Å². The van der Waals surface area contributed by atoms with Gasteiger partial charge in [-0.3, -0.25) is 9.78 Å². The Hall–Kier alpha value is -1.85. The Kier molecular flexibility index (Phi) is 2.87. The van der Waals surface area contributed by atoms with E-state index in [2.05, 4.69) is 15.3 Å². The highest BCUT2D eigenvalue weighted by molar-refractivity contribution is 5.82. The van der Waals surface area contributed by atoms with Crippen molar-refractivity contribution in [1.29, 1.82) is 0 Å². The lowest BCUT2D eigenvalue weighted by Crippen LogP contribution is -2.37. The van der Waals surface area contributed by atoms with Crippen LogP contribution < -0.4 is 16.0 Å². The third-order valence-electron chi connectivity index (χ3n) is 3.27. The summed E-state index contributed by atoms with van der Waals surface area (Å²) in [5, 5.41) is 2.94. The number of rotatable bonds is 3. The van der Waals surface area contributed by atoms with Gasteiger partial charge in [0.2, 0.25) is 5.91 Å². The zero-order valence-corrected chi connectivity index (χ0v) is 10.1. The summed E-state index contributed by atoms with van der Waals surface area (Å²) >= 11 is 0. The van der Waals surface area contributed by atoms with Crippen molar-refractivity contribution in [3.63, 3.8) is 0 Å². The maximum Gasteiger partial charge on any atom is 0.225 e. The molecule has 0 radical (unpaired) electrons. The minimum atomic E-state index is -0.461. The Morgan fingerprint density at radius 2 is 2.35 bits per heavy atom. The van der Waals surface area contributed by atoms with Crippen LogP contribution in [0.15, 0.2) is 12.4 Å². The van der Waals surface area contributed by atoms with Crippen LogP contribution in [0.1, 0.15) is 13.3 Å². The minimum absolute atomic E-state index is 0.252. The van der Waals surface area contributed by atoms with Crippen LogP contribution in [-0.2, 0) is 4.79 Å². The van der Waals surface area contributed by atoms with Gasteiger partial charge in [-0.2, -0.15) is 0 Å². The van der Waals surface area contributed by atoms with E-state index < -0.39 is 5.41 Å². The monoisotopic (exact) mass is 235 g/mol. The zero-order chi connectivity index (χ0) is 12.5. The SMILES string of the molecule is CNc1cncc(N2CCC(C)(C(N)=O)C2)n1. The largest absolute Gasteiger partial charge is 0.372 e. The molecule has 1 aromatic heterocycles. The molecule has 1 aliphatic rings. The van der Waals surface area contributed by atoms with Gasteiger partial charge in [-0.1, -0.05) is 0 Å². The Balaban J connectivity index is 2.17. The molecular weight excluding hydrogens is 218 g/mol. The van der Waals surface area contributed by atoms with Gasteiger partial charge >= 0.3 is 0 Å². The second kappa shape index (κ2) is 4.20. The molecule has 2 heterocycles. The molecule has 1 unspecified atom stereocenters. The highest BCUT2D eigenvalue weighted by Gasteiger charge is 2.39. The molecule has 1 saturated heterocycles. The van der Waals surface area contributed by atoms with Crippen molar-refractivity contribution in [2.45, 2.75) is 13.3 Å². The number of carbonyl (C=O) groups excluding carboxylic acids is 1. The summed E-state index contributed by atoms with van der Waals surface area (Å²) in [4.78, 5) is 21.9. The predicted octanol–water partition coefficient (Wildman–Crippen LogP) is 0.220. The summed E-state index contributed by atoms with van der Waals surface area (Å²) in [7, 11) is 1.80. The predicted molar refractivity (Wildman–Crippen MR) is 65.7 cm³/mol. The minimum Gasteiger partial charge on any atom is -0.372 e. The van der Waals surface area contributed by atoms with Gasteiger partial charge in [-0.25, -0.2) is 4.98 Å². The van der Waals surface area contributed by atoms with E-state index in [1.165, 1.54) is 0 Å². The summed E-state index contributed by atoms with van der Waals surface area (Å²) < 4.78 is 0. The molecule has 1 atom stereocenters. The first-order valence-electron chi connectivity index (χ1n) is 5.60. The third-order valence-corrected chi connectivity index (χ3v) is 3.27. The number of nitrogens with one attached hydrogen (secondary N) is 1. The lowest BCUT2D eigenvalue weighted by molar-refractivity contribution is -0.125. The van der Waals surface area contributed by atoms with Crippen molar-refractivity contribution in [1.82, 2.24) is 9.97 Å². The van der Waals surface area contributed by atoms with Gasteiger partial charge in [-0.05, 0) is 13.3 Å². The maximum absolute atomic E-state index is 11.4. The average Bonchev–Trinajstić information content (AvgIpc) is 2.74. The average molecular weight is 235 g/mol. The van der Waals surface area contributed by atoms with Crippen LogP contribution >= 0.6 is 0 Å². The van der Waals surface area contributed by atoms with E-state index >= 15 is 0 Å².